The van der Waals surface area contributed by atoms with Crippen molar-refractivity contribution in [3.8, 4) is 5.75 Å². The second kappa shape index (κ2) is 9.62. The first-order valence-electron chi connectivity index (χ1n) is 10.2. The van der Waals surface area contributed by atoms with Crippen molar-refractivity contribution in [3.63, 3.8) is 0 Å². The molecule has 148 valence electrons. The van der Waals surface area contributed by atoms with Crippen LogP contribution in [0.2, 0.25) is 0 Å². The van der Waals surface area contributed by atoms with E-state index in [1.807, 2.05) is 18.2 Å². The highest BCUT2D eigenvalue weighted by molar-refractivity contribution is 5.94. The van der Waals surface area contributed by atoms with Crippen LogP contribution >= 0.6 is 0 Å². The summed E-state index contributed by atoms with van der Waals surface area (Å²) in [5.41, 5.74) is 2.04. The molecule has 3 rings (SSSR count). The zero-order chi connectivity index (χ0) is 19.1. The van der Waals surface area contributed by atoms with E-state index in [1.54, 1.807) is 0 Å². The third-order valence-electron chi connectivity index (χ3n) is 5.30. The second-order valence-electron chi connectivity index (χ2n) is 7.58. The van der Waals surface area contributed by atoms with Crippen molar-refractivity contribution in [2.24, 2.45) is 10.9 Å². The summed E-state index contributed by atoms with van der Waals surface area (Å²) in [6.45, 7) is 6.41. The molecular weight excluding hydrogens is 340 g/mol. The molecule has 1 aromatic rings. The number of carbonyl (C=O) groups is 1. The van der Waals surface area contributed by atoms with Crippen LogP contribution in [0.25, 0.3) is 0 Å². The van der Waals surface area contributed by atoms with Gasteiger partial charge in [-0.2, -0.15) is 0 Å². The molecule has 6 nitrogen and oxygen atoms in total. The summed E-state index contributed by atoms with van der Waals surface area (Å²) in [4.78, 5) is 16.1. The molecule has 0 spiro atoms. The first kappa shape index (κ1) is 19.5. The molecule has 1 aromatic carbocycles. The number of carbonyl (C=O) groups excluding carboxylic acids is 1. The molecule has 3 N–H and O–H groups in total. The quantitative estimate of drug-likeness (QED) is 0.408. The van der Waals surface area contributed by atoms with Crippen molar-refractivity contribution in [3.05, 3.63) is 23.8 Å². The van der Waals surface area contributed by atoms with Crippen molar-refractivity contribution >= 4 is 17.6 Å². The number of anilines is 1. The molecule has 1 amide bonds. The number of rotatable bonds is 6. The molecule has 1 heterocycles. The van der Waals surface area contributed by atoms with Gasteiger partial charge in [0.05, 0.1) is 6.54 Å². The van der Waals surface area contributed by atoms with Gasteiger partial charge in [-0.05, 0) is 68.7 Å². The standard InChI is InChI=1S/C21H32N4O2/c1-3-22-21(24-17-7-4-15(2)5-8-17)23-12-13-27-18-9-10-19-16(14-18)6-11-20(26)25-19/h9-10,14-15,17H,3-8,11-13H2,1-2H3,(H,25,26)(H2,22,23,24). The van der Waals surface area contributed by atoms with Crippen LogP contribution in [0.15, 0.2) is 23.2 Å². The topological polar surface area (TPSA) is 74.8 Å². The second-order valence-corrected chi connectivity index (χ2v) is 7.58. The van der Waals surface area contributed by atoms with Crippen LogP contribution in [-0.4, -0.2) is 37.6 Å². The van der Waals surface area contributed by atoms with Crippen LogP contribution in [0.1, 0.15) is 51.5 Å². The van der Waals surface area contributed by atoms with Crippen molar-refractivity contribution < 1.29 is 9.53 Å². The molecule has 0 bridgehead atoms. The molecule has 1 aliphatic heterocycles. The first-order valence-corrected chi connectivity index (χ1v) is 10.2. The Balaban J connectivity index is 1.47. The van der Waals surface area contributed by atoms with Gasteiger partial charge in [-0.15, -0.1) is 0 Å². The predicted molar refractivity (Wildman–Crippen MR) is 109 cm³/mol. The molecular formula is C21H32N4O2. The van der Waals surface area contributed by atoms with E-state index >= 15 is 0 Å². The summed E-state index contributed by atoms with van der Waals surface area (Å²) in [5, 5.41) is 9.78. The Morgan fingerprint density at radius 3 is 2.85 bits per heavy atom. The van der Waals surface area contributed by atoms with Gasteiger partial charge >= 0.3 is 0 Å². The summed E-state index contributed by atoms with van der Waals surface area (Å²) in [6, 6.07) is 6.36. The van der Waals surface area contributed by atoms with Gasteiger partial charge in [-0.3, -0.25) is 4.79 Å². The number of hydrogen-bond donors (Lipinski definition) is 3. The summed E-state index contributed by atoms with van der Waals surface area (Å²) in [5.74, 6) is 2.65. The van der Waals surface area contributed by atoms with Crippen molar-refractivity contribution in [1.82, 2.24) is 10.6 Å². The highest BCUT2D eigenvalue weighted by atomic mass is 16.5. The van der Waals surface area contributed by atoms with Gasteiger partial charge in [-0.1, -0.05) is 6.92 Å². The Morgan fingerprint density at radius 1 is 1.26 bits per heavy atom. The Hall–Kier alpha value is -2.24. The fraction of sp³-hybridized carbons (Fsp3) is 0.619. The highest BCUT2D eigenvalue weighted by Crippen LogP contribution is 2.26. The van der Waals surface area contributed by atoms with Crippen molar-refractivity contribution in [2.75, 3.05) is 25.0 Å². The van der Waals surface area contributed by atoms with E-state index < -0.39 is 0 Å². The molecule has 6 heteroatoms. The van der Waals surface area contributed by atoms with Crippen LogP contribution < -0.4 is 20.7 Å². The third kappa shape index (κ3) is 5.88. The molecule has 0 aromatic heterocycles. The predicted octanol–water partition coefficient (Wildman–Crippen LogP) is 3.08. The van der Waals surface area contributed by atoms with Crippen LogP contribution in [0.4, 0.5) is 5.69 Å². The van der Waals surface area contributed by atoms with Gasteiger partial charge in [0.2, 0.25) is 5.91 Å². The Kier molecular flexibility index (Phi) is 6.96. The number of guanidine groups is 1. The molecule has 27 heavy (non-hydrogen) atoms. The zero-order valence-corrected chi connectivity index (χ0v) is 16.5. The van der Waals surface area contributed by atoms with E-state index in [0.717, 1.165) is 41.8 Å². The van der Waals surface area contributed by atoms with Crippen LogP contribution in [-0.2, 0) is 11.2 Å². The van der Waals surface area contributed by atoms with Crippen LogP contribution in [0, 0.1) is 5.92 Å². The lowest BCUT2D eigenvalue weighted by Gasteiger charge is -2.28. The number of aliphatic imine (C=N–C) groups is 1. The minimum atomic E-state index is 0.0846. The van der Waals surface area contributed by atoms with E-state index in [-0.39, 0.29) is 5.91 Å². The lowest BCUT2D eigenvalue weighted by atomic mass is 9.87. The smallest absolute Gasteiger partial charge is 0.224 e. The number of nitrogens with one attached hydrogen (secondary N) is 3. The summed E-state index contributed by atoms with van der Waals surface area (Å²) in [6.07, 6.45) is 6.32. The van der Waals surface area contributed by atoms with Crippen LogP contribution in [0.5, 0.6) is 5.75 Å². The number of hydrogen-bond acceptors (Lipinski definition) is 3. The maximum absolute atomic E-state index is 11.4. The summed E-state index contributed by atoms with van der Waals surface area (Å²) >= 11 is 0. The number of benzene rings is 1. The monoisotopic (exact) mass is 372 g/mol. The molecule has 2 aliphatic rings. The number of amides is 1. The van der Waals surface area contributed by atoms with Gasteiger partial charge in [0.1, 0.15) is 12.4 Å². The number of aryl methyl sites for hydroxylation is 1. The number of fused-ring (bicyclic) bond motifs is 1. The van der Waals surface area contributed by atoms with Gasteiger partial charge in [0, 0.05) is 24.7 Å². The molecule has 1 aliphatic carbocycles. The Morgan fingerprint density at radius 2 is 2.07 bits per heavy atom. The third-order valence-corrected chi connectivity index (χ3v) is 5.30. The van der Waals surface area contributed by atoms with Gasteiger partial charge < -0.3 is 20.7 Å². The van der Waals surface area contributed by atoms with E-state index in [1.165, 1.54) is 25.7 Å². The largest absolute Gasteiger partial charge is 0.492 e. The fourth-order valence-corrected chi connectivity index (χ4v) is 3.69. The van der Waals surface area contributed by atoms with E-state index in [9.17, 15) is 4.79 Å². The molecule has 1 saturated carbocycles. The molecule has 0 atom stereocenters. The van der Waals surface area contributed by atoms with Gasteiger partial charge in [0.25, 0.3) is 0 Å². The average molecular weight is 373 g/mol. The fourth-order valence-electron chi connectivity index (χ4n) is 3.69. The van der Waals surface area contributed by atoms with Crippen LogP contribution in [0.3, 0.4) is 0 Å². The van der Waals surface area contributed by atoms with E-state index in [4.69, 9.17) is 4.74 Å². The van der Waals surface area contributed by atoms with E-state index in [2.05, 4.69) is 34.8 Å². The maximum atomic E-state index is 11.4. The zero-order valence-electron chi connectivity index (χ0n) is 16.5. The summed E-state index contributed by atoms with van der Waals surface area (Å²) < 4.78 is 5.86. The minimum absolute atomic E-state index is 0.0846. The maximum Gasteiger partial charge on any atom is 0.224 e. The summed E-state index contributed by atoms with van der Waals surface area (Å²) in [7, 11) is 0. The van der Waals surface area contributed by atoms with Crippen molar-refractivity contribution in [2.45, 2.75) is 58.4 Å². The minimum Gasteiger partial charge on any atom is -0.492 e. The Bertz CT molecular complexity index is 666. The lowest BCUT2D eigenvalue weighted by Crippen LogP contribution is -2.44. The average Bonchev–Trinajstić information content (AvgIpc) is 2.67. The lowest BCUT2D eigenvalue weighted by molar-refractivity contribution is -0.116. The normalized spacial score (nSPS) is 22.6. The van der Waals surface area contributed by atoms with Gasteiger partial charge in [-0.25, -0.2) is 4.99 Å². The molecule has 1 fully saturated rings. The Labute approximate surface area is 162 Å². The molecule has 0 saturated heterocycles. The SMILES string of the molecule is CCNC(=NCCOc1ccc2c(c1)CCC(=O)N2)NC1CCC(C)CC1. The molecule has 0 radical (unpaired) electrons. The molecule has 0 unspecified atom stereocenters. The van der Waals surface area contributed by atoms with E-state index in [0.29, 0.717) is 25.6 Å². The van der Waals surface area contributed by atoms with Crippen molar-refractivity contribution in [1.29, 1.82) is 0 Å². The number of ether oxygens (including phenoxy) is 1. The van der Waals surface area contributed by atoms with Gasteiger partial charge in [0.15, 0.2) is 5.96 Å². The number of nitrogens with zero attached hydrogens (tertiary/aromatic N) is 1. The first-order chi connectivity index (χ1) is 13.1. The highest BCUT2D eigenvalue weighted by Gasteiger charge is 2.19.